The van der Waals surface area contributed by atoms with Gasteiger partial charge in [-0.1, -0.05) is 6.92 Å². The van der Waals surface area contributed by atoms with Crippen LogP contribution in [0.1, 0.15) is 13.3 Å². The van der Waals surface area contributed by atoms with E-state index in [9.17, 15) is 13.5 Å². The molecule has 16 heavy (non-hydrogen) atoms. The van der Waals surface area contributed by atoms with Crippen molar-refractivity contribution in [1.82, 2.24) is 4.72 Å². The summed E-state index contributed by atoms with van der Waals surface area (Å²) in [6, 6.07) is 5.89. The minimum atomic E-state index is -3.55. The van der Waals surface area contributed by atoms with Crippen LogP contribution >= 0.6 is 0 Å². The lowest BCUT2D eigenvalue weighted by Gasteiger charge is -2.10. The SMILES string of the molecule is CCC(O)CNS(=O)(=O)c1ccc(N)cc1. The Kier molecular flexibility index (Phi) is 4.28. The van der Waals surface area contributed by atoms with Gasteiger partial charge in [-0.2, -0.15) is 0 Å². The summed E-state index contributed by atoms with van der Waals surface area (Å²) in [5.41, 5.74) is 5.97. The van der Waals surface area contributed by atoms with Gasteiger partial charge in [0.15, 0.2) is 0 Å². The van der Waals surface area contributed by atoms with E-state index >= 15 is 0 Å². The average Bonchev–Trinajstić information content (AvgIpc) is 2.26. The monoisotopic (exact) mass is 244 g/mol. The predicted molar refractivity (Wildman–Crippen MR) is 62.3 cm³/mol. The molecule has 0 fully saturated rings. The topological polar surface area (TPSA) is 92.4 Å². The molecule has 4 N–H and O–H groups in total. The maximum atomic E-state index is 11.7. The molecule has 1 rings (SSSR count). The third kappa shape index (κ3) is 3.48. The number of hydrogen-bond donors (Lipinski definition) is 3. The van der Waals surface area contributed by atoms with Gasteiger partial charge < -0.3 is 10.8 Å². The average molecular weight is 244 g/mol. The maximum Gasteiger partial charge on any atom is 0.240 e. The number of nitrogen functional groups attached to an aromatic ring is 1. The van der Waals surface area contributed by atoms with Crippen molar-refractivity contribution in [3.05, 3.63) is 24.3 Å². The van der Waals surface area contributed by atoms with Crippen molar-refractivity contribution in [1.29, 1.82) is 0 Å². The van der Waals surface area contributed by atoms with Crippen molar-refractivity contribution in [2.45, 2.75) is 24.3 Å². The fourth-order valence-electron chi connectivity index (χ4n) is 1.08. The van der Waals surface area contributed by atoms with Gasteiger partial charge >= 0.3 is 0 Å². The van der Waals surface area contributed by atoms with E-state index in [1.807, 2.05) is 0 Å². The first-order valence-electron chi connectivity index (χ1n) is 4.99. The third-order valence-corrected chi connectivity index (χ3v) is 3.61. The molecule has 0 saturated heterocycles. The van der Waals surface area contributed by atoms with Gasteiger partial charge in [-0.15, -0.1) is 0 Å². The van der Waals surface area contributed by atoms with Crippen LogP contribution in [0.15, 0.2) is 29.2 Å². The molecule has 0 radical (unpaired) electrons. The molecule has 0 aromatic heterocycles. The third-order valence-electron chi connectivity index (χ3n) is 2.17. The highest BCUT2D eigenvalue weighted by Gasteiger charge is 2.14. The van der Waals surface area contributed by atoms with Crippen LogP contribution in [0.4, 0.5) is 5.69 Å². The van der Waals surface area contributed by atoms with Gasteiger partial charge in [-0.3, -0.25) is 0 Å². The summed E-state index contributed by atoms with van der Waals surface area (Å²) in [4.78, 5) is 0.144. The number of nitrogens with two attached hydrogens (primary N) is 1. The van der Waals surface area contributed by atoms with E-state index in [0.717, 1.165) is 0 Å². The Balaban J connectivity index is 2.74. The number of aliphatic hydroxyl groups is 1. The van der Waals surface area contributed by atoms with Crippen molar-refractivity contribution in [3.8, 4) is 0 Å². The van der Waals surface area contributed by atoms with Crippen molar-refractivity contribution in [3.63, 3.8) is 0 Å². The van der Waals surface area contributed by atoms with Gasteiger partial charge in [0.25, 0.3) is 0 Å². The number of nitrogens with one attached hydrogen (secondary N) is 1. The molecule has 0 aliphatic carbocycles. The molecule has 1 unspecified atom stereocenters. The van der Waals surface area contributed by atoms with Crippen molar-refractivity contribution in [2.24, 2.45) is 0 Å². The van der Waals surface area contributed by atoms with Crippen LogP contribution in [0.25, 0.3) is 0 Å². The van der Waals surface area contributed by atoms with Crippen LogP contribution in [0, 0.1) is 0 Å². The molecule has 90 valence electrons. The lowest BCUT2D eigenvalue weighted by atomic mass is 10.3. The number of sulfonamides is 1. The fraction of sp³-hybridized carbons (Fsp3) is 0.400. The molecule has 0 aliphatic heterocycles. The second kappa shape index (κ2) is 5.29. The van der Waals surface area contributed by atoms with E-state index in [1.54, 1.807) is 6.92 Å². The van der Waals surface area contributed by atoms with Crippen molar-refractivity contribution in [2.75, 3.05) is 12.3 Å². The first-order chi connectivity index (χ1) is 7.45. The molecule has 1 aromatic rings. The Morgan fingerprint density at radius 3 is 2.44 bits per heavy atom. The number of hydrogen-bond acceptors (Lipinski definition) is 4. The molecule has 6 heteroatoms. The van der Waals surface area contributed by atoms with Gasteiger partial charge in [0.05, 0.1) is 11.0 Å². The van der Waals surface area contributed by atoms with Crippen LogP contribution in [-0.2, 0) is 10.0 Å². The lowest BCUT2D eigenvalue weighted by molar-refractivity contribution is 0.174. The van der Waals surface area contributed by atoms with E-state index in [4.69, 9.17) is 5.73 Å². The van der Waals surface area contributed by atoms with E-state index in [0.29, 0.717) is 12.1 Å². The molecule has 0 heterocycles. The molecule has 5 nitrogen and oxygen atoms in total. The summed E-state index contributed by atoms with van der Waals surface area (Å²) in [6.07, 6.45) is -0.159. The molecule has 0 amide bonds. The second-order valence-corrected chi connectivity index (χ2v) is 5.25. The molecule has 1 atom stereocenters. The molecule has 0 spiro atoms. The summed E-state index contributed by atoms with van der Waals surface area (Å²) in [6.45, 7) is 1.80. The Bertz CT molecular complexity index is 428. The molecule has 0 bridgehead atoms. The zero-order valence-corrected chi connectivity index (χ0v) is 9.87. The van der Waals surface area contributed by atoms with E-state index in [-0.39, 0.29) is 11.4 Å². The highest BCUT2D eigenvalue weighted by Crippen LogP contribution is 2.11. The van der Waals surface area contributed by atoms with Gasteiger partial charge in [-0.25, -0.2) is 13.1 Å². The normalized spacial score (nSPS) is 13.6. The summed E-state index contributed by atoms with van der Waals surface area (Å²) in [5.74, 6) is 0. The van der Waals surface area contributed by atoms with Gasteiger partial charge in [-0.05, 0) is 30.7 Å². The number of rotatable bonds is 5. The fourth-order valence-corrected chi connectivity index (χ4v) is 2.15. The minimum absolute atomic E-state index is 0.0171. The van der Waals surface area contributed by atoms with Crippen LogP contribution in [0.5, 0.6) is 0 Å². The molecule has 0 saturated carbocycles. The van der Waals surface area contributed by atoms with E-state index in [1.165, 1.54) is 24.3 Å². The summed E-state index contributed by atoms with van der Waals surface area (Å²) in [7, 11) is -3.55. The van der Waals surface area contributed by atoms with Crippen LogP contribution in [-0.4, -0.2) is 26.2 Å². The smallest absolute Gasteiger partial charge is 0.240 e. The first-order valence-corrected chi connectivity index (χ1v) is 6.47. The van der Waals surface area contributed by atoms with Crippen LogP contribution in [0.2, 0.25) is 0 Å². The largest absolute Gasteiger partial charge is 0.399 e. The van der Waals surface area contributed by atoms with E-state index < -0.39 is 16.1 Å². The first kappa shape index (κ1) is 13.0. The maximum absolute atomic E-state index is 11.7. The summed E-state index contributed by atoms with van der Waals surface area (Å²) >= 11 is 0. The molecular weight excluding hydrogens is 228 g/mol. The summed E-state index contributed by atoms with van der Waals surface area (Å²) < 4.78 is 25.7. The number of aliphatic hydroxyl groups excluding tert-OH is 1. The quantitative estimate of drug-likeness (QED) is 0.650. The Hall–Kier alpha value is -1.11. The van der Waals surface area contributed by atoms with Crippen LogP contribution in [0.3, 0.4) is 0 Å². The predicted octanol–water partition coefficient (Wildman–Crippen LogP) is 0.318. The molecular formula is C10H16N2O3S. The van der Waals surface area contributed by atoms with Gasteiger partial charge in [0, 0.05) is 12.2 Å². The molecule has 0 aliphatic rings. The Morgan fingerprint density at radius 1 is 1.38 bits per heavy atom. The second-order valence-electron chi connectivity index (χ2n) is 3.48. The van der Waals surface area contributed by atoms with Crippen molar-refractivity contribution < 1.29 is 13.5 Å². The zero-order chi connectivity index (χ0) is 12.2. The molecule has 1 aromatic carbocycles. The Labute approximate surface area is 95.3 Å². The van der Waals surface area contributed by atoms with Gasteiger partial charge in [0.1, 0.15) is 0 Å². The highest BCUT2D eigenvalue weighted by molar-refractivity contribution is 7.89. The standard InChI is InChI=1S/C10H16N2O3S/c1-2-9(13)7-12-16(14,15)10-5-3-8(11)4-6-10/h3-6,9,12-13H,2,7,11H2,1H3. The Morgan fingerprint density at radius 2 is 1.94 bits per heavy atom. The number of benzene rings is 1. The zero-order valence-electron chi connectivity index (χ0n) is 9.05. The summed E-state index contributed by atoms with van der Waals surface area (Å²) in [5, 5.41) is 9.27. The van der Waals surface area contributed by atoms with E-state index in [2.05, 4.69) is 4.72 Å². The van der Waals surface area contributed by atoms with Crippen LogP contribution < -0.4 is 10.5 Å². The lowest BCUT2D eigenvalue weighted by Crippen LogP contribution is -2.31. The van der Waals surface area contributed by atoms with Gasteiger partial charge in [0.2, 0.25) is 10.0 Å². The number of anilines is 1. The minimum Gasteiger partial charge on any atom is -0.399 e. The highest BCUT2D eigenvalue weighted by atomic mass is 32.2. The van der Waals surface area contributed by atoms with Crippen molar-refractivity contribution >= 4 is 15.7 Å².